The van der Waals surface area contributed by atoms with E-state index in [2.05, 4.69) is 0 Å². The molecule has 0 aromatic heterocycles. The zero-order chi connectivity index (χ0) is 23.7. The lowest BCUT2D eigenvalue weighted by Crippen LogP contribution is -2.29. The highest BCUT2D eigenvalue weighted by Gasteiger charge is 2.47. The molecular formula is C27H22N2O4. The molecule has 1 unspecified atom stereocenters. The number of anilines is 1. The van der Waals surface area contributed by atoms with E-state index in [1.165, 1.54) is 12.0 Å². The van der Waals surface area contributed by atoms with Crippen LogP contribution in [0.3, 0.4) is 0 Å². The maximum absolute atomic E-state index is 13.2. The zero-order valence-electron chi connectivity index (χ0n) is 18.5. The van der Waals surface area contributed by atoms with Gasteiger partial charge in [-0.2, -0.15) is 5.26 Å². The van der Waals surface area contributed by atoms with E-state index in [1.807, 2.05) is 26.0 Å². The summed E-state index contributed by atoms with van der Waals surface area (Å²) in [6, 6.07) is 20.0. The van der Waals surface area contributed by atoms with Crippen LogP contribution in [-0.4, -0.2) is 23.9 Å². The molecule has 0 aliphatic carbocycles. The summed E-state index contributed by atoms with van der Waals surface area (Å²) in [6.07, 6.45) is 0. The average molecular weight is 438 g/mol. The summed E-state index contributed by atoms with van der Waals surface area (Å²) < 4.78 is 5.35. The molecule has 0 spiro atoms. The third-order valence-corrected chi connectivity index (χ3v) is 5.91. The van der Waals surface area contributed by atoms with Crippen molar-refractivity contribution in [1.82, 2.24) is 0 Å². The van der Waals surface area contributed by atoms with E-state index in [1.54, 1.807) is 60.7 Å². The molecule has 0 saturated carbocycles. The van der Waals surface area contributed by atoms with Crippen LogP contribution in [0.1, 0.15) is 33.9 Å². The third kappa shape index (κ3) is 3.85. The highest BCUT2D eigenvalue weighted by atomic mass is 16.5. The number of Topliss-reactive ketones (excluding diaryl/α,β-unsaturated/α-hetero) is 1. The van der Waals surface area contributed by atoms with Crippen LogP contribution in [0, 0.1) is 25.2 Å². The Kier molecular flexibility index (Phi) is 5.72. The normalized spacial score (nSPS) is 17.2. The number of ketones is 1. The molecule has 33 heavy (non-hydrogen) atoms. The molecule has 164 valence electrons. The summed E-state index contributed by atoms with van der Waals surface area (Å²) in [5.74, 6) is -1.20. The Morgan fingerprint density at radius 3 is 2.36 bits per heavy atom. The van der Waals surface area contributed by atoms with Gasteiger partial charge in [0, 0.05) is 11.3 Å². The predicted molar refractivity (Wildman–Crippen MR) is 125 cm³/mol. The summed E-state index contributed by atoms with van der Waals surface area (Å²) in [4.78, 5) is 27.8. The van der Waals surface area contributed by atoms with Crippen LogP contribution in [0.4, 0.5) is 5.69 Å². The van der Waals surface area contributed by atoms with Crippen molar-refractivity contribution < 1.29 is 19.4 Å². The topological polar surface area (TPSA) is 90.6 Å². The molecule has 3 aromatic rings. The van der Waals surface area contributed by atoms with Crippen molar-refractivity contribution in [3.05, 3.63) is 100 Å². The monoisotopic (exact) mass is 438 g/mol. The molecule has 6 heteroatoms. The van der Waals surface area contributed by atoms with E-state index in [4.69, 9.17) is 10.00 Å². The second-order valence-corrected chi connectivity index (χ2v) is 7.90. The molecule has 6 nitrogen and oxygen atoms in total. The number of ether oxygens (including phenoxy) is 1. The zero-order valence-corrected chi connectivity index (χ0v) is 18.5. The number of carbonyl (C=O) groups is 2. The van der Waals surface area contributed by atoms with Gasteiger partial charge in [0.1, 0.15) is 11.5 Å². The fraction of sp³-hybridized carbons (Fsp3) is 0.148. The van der Waals surface area contributed by atoms with Crippen LogP contribution < -0.4 is 9.64 Å². The number of hydrogen-bond donors (Lipinski definition) is 1. The van der Waals surface area contributed by atoms with Gasteiger partial charge in [0.2, 0.25) is 0 Å². The summed E-state index contributed by atoms with van der Waals surface area (Å²) in [7, 11) is 1.53. The fourth-order valence-electron chi connectivity index (χ4n) is 3.97. The first-order valence-corrected chi connectivity index (χ1v) is 10.4. The third-order valence-electron chi connectivity index (χ3n) is 5.91. The Hall–Kier alpha value is -4.37. The number of nitriles is 1. The standard InChI is InChI=1S/C27H22N2O4/c1-16-7-10-20(13-17(16)2)25(30)23-24(19-5-4-6-22(14-19)33-3)29(27(32)26(23)31)21-11-8-18(15-28)9-12-21/h4-14,24,30H,1-3H3/b25-23-. The maximum atomic E-state index is 13.2. The quantitative estimate of drug-likeness (QED) is 0.359. The SMILES string of the molecule is COc1cccc(C2/C(=C(/O)c3ccc(C)c(C)c3)C(=O)C(=O)N2c2ccc(C#N)cc2)c1. The smallest absolute Gasteiger partial charge is 0.300 e. The van der Waals surface area contributed by atoms with Crippen molar-refractivity contribution in [2.45, 2.75) is 19.9 Å². The van der Waals surface area contributed by atoms with Gasteiger partial charge in [-0.15, -0.1) is 0 Å². The minimum absolute atomic E-state index is 0.000802. The number of rotatable bonds is 4. The maximum Gasteiger partial charge on any atom is 0.300 e. The lowest BCUT2D eigenvalue weighted by atomic mass is 9.94. The van der Waals surface area contributed by atoms with Crippen molar-refractivity contribution in [1.29, 1.82) is 5.26 Å². The largest absolute Gasteiger partial charge is 0.507 e. The summed E-state index contributed by atoms with van der Waals surface area (Å²) in [5, 5.41) is 20.4. The van der Waals surface area contributed by atoms with Gasteiger partial charge in [0.15, 0.2) is 0 Å². The highest BCUT2D eigenvalue weighted by Crippen LogP contribution is 2.43. The number of amides is 1. The van der Waals surface area contributed by atoms with Gasteiger partial charge in [-0.1, -0.05) is 24.3 Å². The first-order chi connectivity index (χ1) is 15.8. The number of nitrogens with zero attached hydrogens (tertiary/aromatic N) is 2. The second kappa shape index (κ2) is 8.64. The van der Waals surface area contributed by atoms with Gasteiger partial charge in [-0.25, -0.2) is 0 Å². The molecule has 1 aliphatic rings. The number of methoxy groups -OCH3 is 1. The minimum atomic E-state index is -0.866. The predicted octanol–water partition coefficient (Wildman–Crippen LogP) is 4.81. The summed E-state index contributed by atoms with van der Waals surface area (Å²) in [5.41, 5.74) is 3.96. The number of aryl methyl sites for hydroxylation is 2. The summed E-state index contributed by atoms with van der Waals surface area (Å²) >= 11 is 0. The van der Waals surface area contributed by atoms with Crippen molar-refractivity contribution >= 4 is 23.1 Å². The fourth-order valence-corrected chi connectivity index (χ4v) is 3.97. The van der Waals surface area contributed by atoms with E-state index in [-0.39, 0.29) is 11.3 Å². The molecule has 0 bridgehead atoms. The number of aliphatic hydroxyl groups is 1. The minimum Gasteiger partial charge on any atom is -0.507 e. The molecule has 4 rings (SSSR count). The molecule has 1 amide bonds. The van der Waals surface area contributed by atoms with Gasteiger partial charge in [0.25, 0.3) is 11.7 Å². The number of aliphatic hydroxyl groups excluding tert-OH is 1. The molecule has 1 N–H and O–H groups in total. The Balaban J connectivity index is 1.95. The van der Waals surface area contributed by atoms with E-state index < -0.39 is 17.7 Å². The average Bonchev–Trinajstić information content (AvgIpc) is 3.11. The lowest BCUT2D eigenvalue weighted by Gasteiger charge is -2.25. The van der Waals surface area contributed by atoms with Gasteiger partial charge in [-0.3, -0.25) is 14.5 Å². The van der Waals surface area contributed by atoms with Crippen LogP contribution in [0.2, 0.25) is 0 Å². The first-order valence-electron chi connectivity index (χ1n) is 10.4. The Labute approximate surface area is 192 Å². The Morgan fingerprint density at radius 2 is 1.73 bits per heavy atom. The van der Waals surface area contributed by atoms with Crippen LogP contribution in [0.15, 0.2) is 72.3 Å². The van der Waals surface area contributed by atoms with Gasteiger partial charge < -0.3 is 9.84 Å². The number of carbonyl (C=O) groups excluding carboxylic acids is 2. The van der Waals surface area contributed by atoms with Gasteiger partial charge in [-0.05, 0) is 73.0 Å². The molecule has 1 atom stereocenters. The van der Waals surface area contributed by atoms with Crippen LogP contribution in [0.5, 0.6) is 5.75 Å². The molecule has 1 heterocycles. The molecule has 3 aromatic carbocycles. The summed E-state index contributed by atoms with van der Waals surface area (Å²) in [6.45, 7) is 3.88. The van der Waals surface area contributed by atoms with Gasteiger partial charge in [0.05, 0.1) is 30.4 Å². The first kappa shape index (κ1) is 21.8. The van der Waals surface area contributed by atoms with Crippen molar-refractivity contribution in [3.63, 3.8) is 0 Å². The second-order valence-electron chi connectivity index (χ2n) is 7.90. The Bertz CT molecular complexity index is 1330. The van der Waals surface area contributed by atoms with E-state index in [0.717, 1.165) is 11.1 Å². The molecule has 1 saturated heterocycles. The number of hydrogen-bond acceptors (Lipinski definition) is 5. The highest BCUT2D eigenvalue weighted by molar-refractivity contribution is 6.51. The van der Waals surface area contributed by atoms with Crippen molar-refractivity contribution in [2.24, 2.45) is 0 Å². The molecule has 1 aliphatic heterocycles. The van der Waals surface area contributed by atoms with E-state index >= 15 is 0 Å². The van der Waals surface area contributed by atoms with E-state index in [9.17, 15) is 14.7 Å². The van der Waals surface area contributed by atoms with Crippen LogP contribution in [0.25, 0.3) is 5.76 Å². The Morgan fingerprint density at radius 1 is 1.00 bits per heavy atom. The lowest BCUT2D eigenvalue weighted by molar-refractivity contribution is -0.132. The van der Waals surface area contributed by atoms with Crippen molar-refractivity contribution in [3.8, 4) is 11.8 Å². The molecular weight excluding hydrogens is 416 g/mol. The van der Waals surface area contributed by atoms with Crippen molar-refractivity contribution in [2.75, 3.05) is 12.0 Å². The van der Waals surface area contributed by atoms with Gasteiger partial charge >= 0.3 is 0 Å². The van der Waals surface area contributed by atoms with E-state index in [0.29, 0.717) is 28.1 Å². The molecule has 1 fully saturated rings. The number of benzene rings is 3. The van der Waals surface area contributed by atoms with Crippen LogP contribution in [-0.2, 0) is 9.59 Å². The van der Waals surface area contributed by atoms with Crippen LogP contribution >= 0.6 is 0 Å². The molecule has 0 radical (unpaired) electrons.